The predicted molar refractivity (Wildman–Crippen MR) is 107 cm³/mol. The van der Waals surface area contributed by atoms with E-state index in [0.29, 0.717) is 39.0 Å². The van der Waals surface area contributed by atoms with Crippen molar-refractivity contribution >= 4 is 18.0 Å². The number of fused-ring (bicyclic) bond motifs is 1. The molecule has 0 spiro atoms. The Kier molecular flexibility index (Phi) is 6.45. The average Bonchev–Trinajstić information content (AvgIpc) is 2.70. The molecule has 2 amide bonds. The summed E-state index contributed by atoms with van der Waals surface area (Å²) in [6.07, 6.45) is 1.50. The maximum Gasteiger partial charge on any atom is 0.410 e. The number of hydrogen-bond donors (Lipinski definition) is 0. The van der Waals surface area contributed by atoms with Gasteiger partial charge in [-0.05, 0) is 51.2 Å². The van der Waals surface area contributed by atoms with Crippen LogP contribution in [0.15, 0.2) is 24.3 Å². The molecule has 0 aliphatic carbocycles. The van der Waals surface area contributed by atoms with Crippen LogP contribution in [0.2, 0.25) is 0 Å². The van der Waals surface area contributed by atoms with E-state index in [1.54, 1.807) is 9.80 Å². The number of carbonyl (C=O) groups is 3. The molecule has 0 bridgehead atoms. The first-order chi connectivity index (χ1) is 13.7. The molecule has 2 heterocycles. The minimum atomic E-state index is -0.539. The third-order valence-electron chi connectivity index (χ3n) is 5.30. The van der Waals surface area contributed by atoms with Crippen molar-refractivity contribution < 1.29 is 23.9 Å². The molecule has 1 aromatic rings. The largest absolute Gasteiger partial charge is 0.455 e. The summed E-state index contributed by atoms with van der Waals surface area (Å²) in [5, 5.41) is 0. The highest BCUT2D eigenvalue weighted by Gasteiger charge is 2.31. The van der Waals surface area contributed by atoms with Crippen molar-refractivity contribution in [3.05, 3.63) is 35.4 Å². The van der Waals surface area contributed by atoms with Gasteiger partial charge in [-0.1, -0.05) is 24.3 Å². The summed E-state index contributed by atoms with van der Waals surface area (Å²) in [6.45, 7) is 7.35. The smallest absolute Gasteiger partial charge is 0.410 e. The molecule has 1 fully saturated rings. The van der Waals surface area contributed by atoms with Crippen molar-refractivity contribution in [2.75, 3.05) is 26.2 Å². The normalized spacial score (nSPS) is 17.5. The van der Waals surface area contributed by atoms with Crippen molar-refractivity contribution in [2.45, 2.75) is 52.2 Å². The third kappa shape index (κ3) is 5.71. The molecule has 158 valence electrons. The lowest BCUT2D eigenvalue weighted by Crippen LogP contribution is -2.43. The molecule has 2 aliphatic rings. The number of likely N-dealkylation sites (tertiary alicyclic amines) is 1. The molecule has 0 atom stereocenters. The highest BCUT2D eigenvalue weighted by molar-refractivity contribution is 5.81. The Morgan fingerprint density at radius 2 is 1.66 bits per heavy atom. The molecule has 0 saturated carbocycles. The molecule has 0 N–H and O–H groups in total. The SMILES string of the molecule is CC(C)(C)OC(=O)N1CCC(C(=O)OCC(=O)N2CCc3ccccc3C2)CC1. The molecule has 3 rings (SSSR count). The fourth-order valence-electron chi connectivity index (χ4n) is 3.67. The molecule has 0 radical (unpaired) electrons. The topological polar surface area (TPSA) is 76.1 Å². The van der Waals surface area contributed by atoms with Crippen LogP contribution >= 0.6 is 0 Å². The third-order valence-corrected chi connectivity index (χ3v) is 5.30. The lowest BCUT2D eigenvalue weighted by molar-refractivity contribution is -0.157. The summed E-state index contributed by atoms with van der Waals surface area (Å²) in [5.74, 6) is -0.817. The summed E-state index contributed by atoms with van der Waals surface area (Å²) >= 11 is 0. The van der Waals surface area contributed by atoms with Gasteiger partial charge in [0, 0.05) is 26.2 Å². The number of esters is 1. The fourth-order valence-corrected chi connectivity index (χ4v) is 3.67. The van der Waals surface area contributed by atoms with Gasteiger partial charge in [-0.2, -0.15) is 0 Å². The monoisotopic (exact) mass is 402 g/mol. The Morgan fingerprint density at radius 1 is 1.00 bits per heavy atom. The molecular weight excluding hydrogens is 372 g/mol. The molecule has 29 heavy (non-hydrogen) atoms. The van der Waals surface area contributed by atoms with Crippen LogP contribution in [0.25, 0.3) is 0 Å². The van der Waals surface area contributed by atoms with E-state index in [1.807, 2.05) is 39.0 Å². The van der Waals surface area contributed by atoms with Crippen molar-refractivity contribution in [2.24, 2.45) is 5.92 Å². The first-order valence-corrected chi connectivity index (χ1v) is 10.2. The maximum atomic E-state index is 12.4. The van der Waals surface area contributed by atoms with Gasteiger partial charge in [-0.15, -0.1) is 0 Å². The fraction of sp³-hybridized carbons (Fsp3) is 0.591. The molecular formula is C22H30N2O5. The van der Waals surface area contributed by atoms with Gasteiger partial charge >= 0.3 is 12.1 Å². The molecule has 2 aliphatic heterocycles. The van der Waals surface area contributed by atoms with Gasteiger partial charge in [0.2, 0.25) is 0 Å². The number of carbonyl (C=O) groups excluding carboxylic acids is 3. The van der Waals surface area contributed by atoms with Crippen LogP contribution in [-0.4, -0.2) is 59.6 Å². The van der Waals surface area contributed by atoms with E-state index in [-0.39, 0.29) is 30.5 Å². The number of amides is 2. The van der Waals surface area contributed by atoms with Crippen molar-refractivity contribution in [1.29, 1.82) is 0 Å². The van der Waals surface area contributed by atoms with Crippen LogP contribution in [0.1, 0.15) is 44.7 Å². The Bertz CT molecular complexity index is 763. The zero-order valence-corrected chi connectivity index (χ0v) is 17.5. The highest BCUT2D eigenvalue weighted by Crippen LogP contribution is 2.22. The molecule has 7 heteroatoms. The number of nitrogens with zero attached hydrogens (tertiary/aromatic N) is 2. The zero-order chi connectivity index (χ0) is 21.0. The molecule has 1 saturated heterocycles. The first kappa shape index (κ1) is 21.1. The molecule has 0 aromatic heterocycles. The van der Waals surface area contributed by atoms with E-state index in [9.17, 15) is 14.4 Å². The minimum Gasteiger partial charge on any atom is -0.455 e. The maximum absolute atomic E-state index is 12.4. The zero-order valence-electron chi connectivity index (χ0n) is 17.5. The first-order valence-electron chi connectivity index (χ1n) is 10.2. The number of hydrogen-bond acceptors (Lipinski definition) is 5. The van der Waals surface area contributed by atoms with Crippen molar-refractivity contribution in [1.82, 2.24) is 9.80 Å². The van der Waals surface area contributed by atoms with Crippen LogP contribution in [0.3, 0.4) is 0 Å². The van der Waals surface area contributed by atoms with Gasteiger partial charge in [0.05, 0.1) is 5.92 Å². The van der Waals surface area contributed by atoms with Crippen molar-refractivity contribution in [3.63, 3.8) is 0 Å². The van der Waals surface area contributed by atoms with Crippen molar-refractivity contribution in [3.8, 4) is 0 Å². The lowest BCUT2D eigenvalue weighted by atomic mass is 9.97. The van der Waals surface area contributed by atoms with E-state index in [1.165, 1.54) is 5.56 Å². The highest BCUT2D eigenvalue weighted by atomic mass is 16.6. The average molecular weight is 402 g/mol. The van der Waals surface area contributed by atoms with E-state index in [4.69, 9.17) is 9.47 Å². The van der Waals surface area contributed by atoms with E-state index >= 15 is 0 Å². The van der Waals surface area contributed by atoms with Gasteiger partial charge in [0.1, 0.15) is 5.60 Å². The number of benzene rings is 1. The lowest BCUT2D eigenvalue weighted by Gasteiger charge is -2.32. The molecule has 7 nitrogen and oxygen atoms in total. The summed E-state index contributed by atoms with van der Waals surface area (Å²) in [4.78, 5) is 40.3. The van der Waals surface area contributed by atoms with Gasteiger partial charge in [-0.25, -0.2) is 4.79 Å². The second-order valence-corrected chi connectivity index (χ2v) is 8.68. The summed E-state index contributed by atoms with van der Waals surface area (Å²) in [6, 6.07) is 8.09. The summed E-state index contributed by atoms with van der Waals surface area (Å²) in [7, 11) is 0. The number of piperidine rings is 1. The molecule has 0 unspecified atom stereocenters. The van der Waals surface area contributed by atoms with E-state index < -0.39 is 5.60 Å². The Labute approximate surface area is 171 Å². The second kappa shape index (κ2) is 8.84. The molecule has 1 aromatic carbocycles. The van der Waals surface area contributed by atoms with E-state index in [2.05, 4.69) is 6.07 Å². The van der Waals surface area contributed by atoms with Crippen LogP contribution in [-0.2, 0) is 32.0 Å². The van der Waals surface area contributed by atoms with Crippen LogP contribution in [0, 0.1) is 5.92 Å². The van der Waals surface area contributed by atoms with Gasteiger partial charge < -0.3 is 19.3 Å². The standard InChI is InChI=1S/C22H30N2O5/c1-22(2,3)29-21(27)23-11-9-17(10-12-23)20(26)28-15-19(25)24-13-8-16-6-4-5-7-18(16)14-24/h4-7,17H,8-15H2,1-3H3. The van der Waals surface area contributed by atoms with Gasteiger partial charge in [0.15, 0.2) is 6.61 Å². The van der Waals surface area contributed by atoms with Crippen LogP contribution in [0.4, 0.5) is 4.79 Å². The number of rotatable bonds is 3. The quantitative estimate of drug-likeness (QED) is 0.727. The summed E-state index contributed by atoms with van der Waals surface area (Å²) in [5.41, 5.74) is 1.88. The second-order valence-electron chi connectivity index (χ2n) is 8.68. The van der Waals surface area contributed by atoms with Crippen LogP contribution < -0.4 is 0 Å². The van der Waals surface area contributed by atoms with Crippen LogP contribution in [0.5, 0.6) is 0 Å². The van der Waals surface area contributed by atoms with E-state index in [0.717, 1.165) is 12.0 Å². The minimum absolute atomic E-state index is 0.168. The van der Waals surface area contributed by atoms with Gasteiger partial charge in [0.25, 0.3) is 5.91 Å². The number of ether oxygens (including phenoxy) is 2. The Hall–Kier alpha value is -2.57. The Balaban J connectivity index is 1.41. The predicted octanol–water partition coefficient (Wildman–Crippen LogP) is 2.76. The summed E-state index contributed by atoms with van der Waals surface area (Å²) < 4.78 is 10.7. The van der Waals surface area contributed by atoms with Gasteiger partial charge in [-0.3, -0.25) is 9.59 Å². The Morgan fingerprint density at radius 3 is 2.31 bits per heavy atom.